The van der Waals surface area contributed by atoms with Crippen molar-refractivity contribution in [2.45, 2.75) is 13.3 Å². The largest absolute Gasteiger partial charge is 0.377 e. The van der Waals surface area contributed by atoms with E-state index < -0.39 is 0 Å². The number of para-hydroxylation sites is 1. The van der Waals surface area contributed by atoms with Crippen LogP contribution in [0.1, 0.15) is 28.4 Å². The number of rotatable bonds is 5. The predicted molar refractivity (Wildman–Crippen MR) is 79.8 cm³/mol. The minimum absolute atomic E-state index is 0.0143. The molecule has 0 spiro atoms. The normalized spacial score (nSPS) is 9.80. The topological polar surface area (TPSA) is 52.9 Å². The second-order valence-corrected chi connectivity index (χ2v) is 4.48. The average molecular weight is 264 g/mol. The van der Waals surface area contributed by atoms with Gasteiger partial charge in [0.2, 0.25) is 0 Å². The molecular formula is C17H16N2O. The number of benzene rings is 2. The molecule has 0 radical (unpaired) electrons. The maximum absolute atomic E-state index is 12.1. The fourth-order valence-corrected chi connectivity index (χ4v) is 1.94. The van der Waals surface area contributed by atoms with Crippen LogP contribution in [0.25, 0.3) is 0 Å². The van der Waals surface area contributed by atoms with Gasteiger partial charge in [-0.15, -0.1) is 0 Å². The van der Waals surface area contributed by atoms with Crippen molar-refractivity contribution < 1.29 is 4.79 Å². The van der Waals surface area contributed by atoms with Crippen molar-refractivity contribution in [1.82, 2.24) is 0 Å². The molecule has 0 bridgehead atoms. The van der Waals surface area contributed by atoms with Gasteiger partial charge in [-0.3, -0.25) is 4.79 Å². The van der Waals surface area contributed by atoms with Crippen LogP contribution in [0, 0.1) is 11.3 Å². The minimum atomic E-state index is 0.0143. The number of nitriles is 1. The first-order valence-corrected chi connectivity index (χ1v) is 6.59. The van der Waals surface area contributed by atoms with Gasteiger partial charge in [-0.05, 0) is 24.1 Å². The molecule has 0 atom stereocenters. The van der Waals surface area contributed by atoms with E-state index >= 15 is 0 Å². The van der Waals surface area contributed by atoms with Crippen molar-refractivity contribution in [2.75, 3.05) is 11.9 Å². The van der Waals surface area contributed by atoms with Crippen LogP contribution in [0.5, 0.6) is 0 Å². The molecule has 0 fully saturated rings. The lowest BCUT2D eigenvalue weighted by atomic mass is 10.1. The van der Waals surface area contributed by atoms with E-state index in [1.807, 2.05) is 30.3 Å². The smallest absolute Gasteiger partial charge is 0.181 e. The highest BCUT2D eigenvalue weighted by molar-refractivity contribution is 5.99. The molecule has 2 aromatic rings. The molecule has 2 aromatic carbocycles. The maximum Gasteiger partial charge on any atom is 0.181 e. The number of aryl methyl sites for hydroxylation is 1. The van der Waals surface area contributed by atoms with Gasteiger partial charge in [0.25, 0.3) is 0 Å². The summed E-state index contributed by atoms with van der Waals surface area (Å²) in [7, 11) is 0. The molecule has 20 heavy (non-hydrogen) atoms. The fourth-order valence-electron chi connectivity index (χ4n) is 1.94. The molecule has 0 amide bonds. The van der Waals surface area contributed by atoms with E-state index in [0.29, 0.717) is 16.8 Å². The van der Waals surface area contributed by atoms with Crippen LogP contribution in [0.3, 0.4) is 0 Å². The molecule has 0 saturated heterocycles. The Kier molecular flexibility index (Phi) is 4.52. The first kappa shape index (κ1) is 13.8. The van der Waals surface area contributed by atoms with Crippen LogP contribution in [-0.4, -0.2) is 12.3 Å². The van der Waals surface area contributed by atoms with Crippen LogP contribution in [-0.2, 0) is 6.42 Å². The number of Topliss-reactive ketones (excluding diaryl/α,β-unsaturated/α-hetero) is 1. The van der Waals surface area contributed by atoms with Crippen LogP contribution >= 0.6 is 0 Å². The third-order valence-electron chi connectivity index (χ3n) is 3.17. The number of hydrogen-bond donors (Lipinski definition) is 1. The first-order valence-electron chi connectivity index (χ1n) is 6.59. The molecule has 0 aromatic heterocycles. The zero-order valence-electron chi connectivity index (χ0n) is 11.4. The summed E-state index contributed by atoms with van der Waals surface area (Å²) in [5.74, 6) is 0.0143. The Hall–Kier alpha value is -2.60. The van der Waals surface area contributed by atoms with E-state index in [9.17, 15) is 4.79 Å². The summed E-state index contributed by atoms with van der Waals surface area (Å²) in [6.07, 6.45) is 0.961. The average Bonchev–Trinajstić information content (AvgIpc) is 2.53. The molecular weight excluding hydrogens is 248 g/mol. The summed E-state index contributed by atoms with van der Waals surface area (Å²) < 4.78 is 0. The zero-order valence-corrected chi connectivity index (χ0v) is 11.4. The van der Waals surface area contributed by atoms with Crippen LogP contribution in [0.2, 0.25) is 0 Å². The van der Waals surface area contributed by atoms with Crippen LogP contribution in [0.15, 0.2) is 48.5 Å². The Labute approximate surface area is 118 Å². The number of nitrogens with one attached hydrogen (secondary N) is 1. The lowest BCUT2D eigenvalue weighted by molar-refractivity contribution is 0.101. The highest BCUT2D eigenvalue weighted by Gasteiger charge is 2.07. The summed E-state index contributed by atoms with van der Waals surface area (Å²) in [5.41, 5.74) is 3.13. The van der Waals surface area contributed by atoms with Crippen molar-refractivity contribution in [1.29, 1.82) is 5.26 Å². The Morgan fingerprint density at radius 3 is 2.50 bits per heavy atom. The summed E-state index contributed by atoms with van der Waals surface area (Å²) in [6.45, 7) is 2.27. The predicted octanol–water partition coefficient (Wildman–Crippen LogP) is 3.42. The van der Waals surface area contributed by atoms with Gasteiger partial charge >= 0.3 is 0 Å². The van der Waals surface area contributed by atoms with Gasteiger partial charge in [-0.2, -0.15) is 5.26 Å². The summed E-state index contributed by atoms with van der Waals surface area (Å²) in [6, 6.07) is 16.9. The van der Waals surface area contributed by atoms with E-state index in [1.165, 1.54) is 5.56 Å². The molecule has 3 nitrogen and oxygen atoms in total. The maximum atomic E-state index is 12.1. The molecule has 1 N–H and O–H groups in total. The molecule has 0 saturated carbocycles. The van der Waals surface area contributed by atoms with E-state index in [1.54, 1.807) is 18.2 Å². The van der Waals surface area contributed by atoms with Gasteiger partial charge in [0.15, 0.2) is 5.78 Å². The molecule has 0 aliphatic rings. The van der Waals surface area contributed by atoms with E-state index in [0.717, 1.165) is 6.42 Å². The Morgan fingerprint density at radius 2 is 1.85 bits per heavy atom. The molecule has 0 aliphatic heterocycles. The number of carbonyl (C=O) groups excluding carboxylic acids is 1. The number of carbonyl (C=O) groups is 1. The van der Waals surface area contributed by atoms with Gasteiger partial charge in [0.1, 0.15) is 6.07 Å². The Bertz CT molecular complexity index is 639. The van der Waals surface area contributed by atoms with Crippen LogP contribution in [0.4, 0.5) is 5.69 Å². The number of nitrogens with zero attached hydrogens (tertiary/aromatic N) is 1. The quantitative estimate of drug-likeness (QED) is 0.842. The molecule has 0 heterocycles. The SMILES string of the molecule is CCc1ccc(C(=O)CNc2ccccc2C#N)cc1. The third-order valence-corrected chi connectivity index (χ3v) is 3.17. The van der Waals surface area contributed by atoms with Crippen molar-refractivity contribution in [3.8, 4) is 6.07 Å². The van der Waals surface area contributed by atoms with Crippen molar-refractivity contribution >= 4 is 11.5 Å². The fraction of sp³-hybridized carbons (Fsp3) is 0.176. The molecule has 0 aliphatic carbocycles. The minimum Gasteiger partial charge on any atom is -0.377 e. The monoisotopic (exact) mass is 264 g/mol. The van der Waals surface area contributed by atoms with Crippen molar-refractivity contribution in [3.63, 3.8) is 0 Å². The standard InChI is InChI=1S/C17H16N2O/c1-2-13-7-9-14(10-8-13)17(20)12-19-16-6-4-3-5-15(16)11-18/h3-10,19H,2,12H2,1H3. The Morgan fingerprint density at radius 1 is 1.15 bits per heavy atom. The highest BCUT2D eigenvalue weighted by atomic mass is 16.1. The summed E-state index contributed by atoms with van der Waals surface area (Å²) >= 11 is 0. The van der Waals surface area contributed by atoms with Crippen molar-refractivity contribution in [2.24, 2.45) is 0 Å². The molecule has 2 rings (SSSR count). The van der Waals surface area contributed by atoms with Gasteiger partial charge in [-0.1, -0.05) is 43.3 Å². The second-order valence-electron chi connectivity index (χ2n) is 4.48. The van der Waals surface area contributed by atoms with Gasteiger partial charge in [-0.25, -0.2) is 0 Å². The molecule has 0 unspecified atom stereocenters. The van der Waals surface area contributed by atoms with E-state index in [-0.39, 0.29) is 12.3 Å². The molecule has 3 heteroatoms. The number of anilines is 1. The molecule has 100 valence electrons. The third kappa shape index (κ3) is 3.24. The summed E-state index contributed by atoms with van der Waals surface area (Å²) in [4.78, 5) is 12.1. The van der Waals surface area contributed by atoms with E-state index in [4.69, 9.17) is 5.26 Å². The number of ketones is 1. The van der Waals surface area contributed by atoms with Crippen molar-refractivity contribution in [3.05, 3.63) is 65.2 Å². The first-order chi connectivity index (χ1) is 9.74. The van der Waals surface area contributed by atoms with Gasteiger partial charge in [0.05, 0.1) is 17.8 Å². The number of hydrogen-bond acceptors (Lipinski definition) is 3. The second kappa shape index (κ2) is 6.53. The van der Waals surface area contributed by atoms with Gasteiger partial charge in [0, 0.05) is 5.56 Å². The lowest BCUT2D eigenvalue weighted by Gasteiger charge is -2.07. The van der Waals surface area contributed by atoms with E-state index in [2.05, 4.69) is 18.3 Å². The summed E-state index contributed by atoms with van der Waals surface area (Å²) in [5, 5.41) is 12.0. The highest BCUT2D eigenvalue weighted by Crippen LogP contribution is 2.13. The van der Waals surface area contributed by atoms with Gasteiger partial charge < -0.3 is 5.32 Å². The Balaban J connectivity index is 2.03. The van der Waals surface area contributed by atoms with Crippen LogP contribution < -0.4 is 5.32 Å². The zero-order chi connectivity index (χ0) is 14.4. The lowest BCUT2D eigenvalue weighted by Crippen LogP contribution is -2.14.